The topological polar surface area (TPSA) is 82.7 Å². The number of rotatable bonds is 2. The van der Waals surface area contributed by atoms with Gasteiger partial charge in [-0.15, -0.1) is 0 Å². The van der Waals surface area contributed by atoms with Gasteiger partial charge in [-0.3, -0.25) is 4.79 Å². The number of nitrogens with one attached hydrogen (secondary N) is 3. The normalized spacial score (nSPS) is 18.6. The van der Waals surface area contributed by atoms with E-state index in [-0.39, 0.29) is 11.5 Å². The third-order valence-electron chi connectivity index (χ3n) is 4.14. The number of H-pyrrole nitrogens is 1. The molecular formula is C16H17N5O. The zero-order chi connectivity index (χ0) is 14.9. The van der Waals surface area contributed by atoms with Crippen LogP contribution < -0.4 is 16.1 Å². The van der Waals surface area contributed by atoms with Crippen LogP contribution in [0.3, 0.4) is 0 Å². The minimum Gasteiger partial charge on any atom is -0.365 e. The first-order chi connectivity index (χ1) is 10.8. The van der Waals surface area contributed by atoms with Gasteiger partial charge in [0.15, 0.2) is 0 Å². The second kappa shape index (κ2) is 5.38. The Bertz CT molecular complexity index is 882. The summed E-state index contributed by atoms with van der Waals surface area (Å²) in [5.41, 5.74) is 1.34. The Labute approximate surface area is 127 Å². The number of para-hydroxylation sites is 1. The number of benzene rings is 1. The number of pyridine rings is 1. The summed E-state index contributed by atoms with van der Waals surface area (Å²) < 4.78 is 0. The maximum atomic E-state index is 12.8. The smallest absolute Gasteiger partial charge is 0.202 e. The highest BCUT2D eigenvalue weighted by atomic mass is 16.1. The summed E-state index contributed by atoms with van der Waals surface area (Å²) in [5.74, 6) is 0.616. The second-order valence-corrected chi connectivity index (χ2v) is 5.63. The zero-order valence-electron chi connectivity index (χ0n) is 12.1. The summed E-state index contributed by atoms with van der Waals surface area (Å²) >= 11 is 0. The minimum atomic E-state index is -0.0313. The maximum Gasteiger partial charge on any atom is 0.202 e. The van der Waals surface area contributed by atoms with Gasteiger partial charge in [-0.05, 0) is 31.5 Å². The van der Waals surface area contributed by atoms with Crippen molar-refractivity contribution in [3.05, 3.63) is 40.8 Å². The van der Waals surface area contributed by atoms with Crippen molar-refractivity contribution in [2.45, 2.75) is 18.9 Å². The fraction of sp³-hybridized carbons (Fsp3) is 0.312. The molecule has 1 aromatic carbocycles. The second-order valence-electron chi connectivity index (χ2n) is 5.63. The minimum absolute atomic E-state index is 0.0313. The van der Waals surface area contributed by atoms with Crippen LogP contribution in [0.5, 0.6) is 0 Å². The average Bonchev–Trinajstić information content (AvgIpc) is 2.56. The number of hydrogen-bond acceptors (Lipinski definition) is 5. The SMILES string of the molecule is O=c1c2ccccc2[nH]c2ncnc(NC3CCCNC3)c12. The van der Waals surface area contributed by atoms with Crippen LogP contribution in [0.25, 0.3) is 21.9 Å². The molecule has 1 fully saturated rings. The maximum absolute atomic E-state index is 12.8. The molecule has 1 aliphatic heterocycles. The summed E-state index contributed by atoms with van der Waals surface area (Å²) in [4.78, 5) is 24.5. The third-order valence-corrected chi connectivity index (χ3v) is 4.14. The van der Waals surface area contributed by atoms with E-state index in [0.717, 1.165) is 31.4 Å². The number of piperidine rings is 1. The summed E-state index contributed by atoms with van der Waals surface area (Å²) in [5, 5.41) is 7.95. The first-order valence-electron chi connectivity index (χ1n) is 7.56. The van der Waals surface area contributed by atoms with E-state index in [1.807, 2.05) is 24.3 Å². The predicted molar refractivity (Wildman–Crippen MR) is 87.2 cm³/mol. The lowest BCUT2D eigenvalue weighted by molar-refractivity contribution is 0.479. The Morgan fingerprint density at radius 2 is 2.14 bits per heavy atom. The summed E-state index contributed by atoms with van der Waals surface area (Å²) in [6.07, 6.45) is 3.69. The largest absolute Gasteiger partial charge is 0.365 e. The molecule has 3 aromatic rings. The van der Waals surface area contributed by atoms with Crippen LogP contribution in [0.15, 0.2) is 35.4 Å². The highest BCUT2D eigenvalue weighted by molar-refractivity contribution is 5.95. The number of aromatic nitrogens is 3. The molecule has 1 atom stereocenters. The van der Waals surface area contributed by atoms with Crippen LogP contribution in [0.1, 0.15) is 12.8 Å². The van der Waals surface area contributed by atoms with E-state index in [4.69, 9.17) is 0 Å². The monoisotopic (exact) mass is 295 g/mol. The van der Waals surface area contributed by atoms with E-state index in [0.29, 0.717) is 22.2 Å². The molecule has 3 N–H and O–H groups in total. The number of anilines is 1. The Morgan fingerprint density at radius 1 is 1.23 bits per heavy atom. The lowest BCUT2D eigenvalue weighted by Crippen LogP contribution is -2.38. The molecule has 3 heterocycles. The Hall–Kier alpha value is -2.47. The van der Waals surface area contributed by atoms with Crippen LogP contribution in [0, 0.1) is 0 Å². The number of fused-ring (bicyclic) bond motifs is 2. The van der Waals surface area contributed by atoms with Gasteiger partial charge in [0.05, 0.1) is 5.52 Å². The highest BCUT2D eigenvalue weighted by Gasteiger charge is 2.17. The van der Waals surface area contributed by atoms with Crippen molar-refractivity contribution in [2.24, 2.45) is 0 Å². The van der Waals surface area contributed by atoms with Crippen molar-refractivity contribution in [1.29, 1.82) is 0 Å². The van der Waals surface area contributed by atoms with E-state index in [1.165, 1.54) is 6.33 Å². The van der Waals surface area contributed by atoms with Crippen molar-refractivity contribution in [1.82, 2.24) is 20.3 Å². The molecular weight excluding hydrogens is 278 g/mol. The molecule has 6 heteroatoms. The molecule has 0 bridgehead atoms. The fourth-order valence-electron chi connectivity index (χ4n) is 3.03. The summed E-state index contributed by atoms with van der Waals surface area (Å²) in [6, 6.07) is 7.77. The van der Waals surface area contributed by atoms with Crippen molar-refractivity contribution >= 4 is 27.8 Å². The number of aromatic amines is 1. The van der Waals surface area contributed by atoms with Crippen molar-refractivity contribution in [3.8, 4) is 0 Å². The van der Waals surface area contributed by atoms with Gasteiger partial charge < -0.3 is 15.6 Å². The van der Waals surface area contributed by atoms with E-state index in [1.54, 1.807) is 0 Å². The summed E-state index contributed by atoms with van der Waals surface area (Å²) in [6.45, 7) is 1.94. The number of nitrogens with zero attached hydrogens (tertiary/aromatic N) is 2. The van der Waals surface area contributed by atoms with Crippen molar-refractivity contribution < 1.29 is 0 Å². The van der Waals surface area contributed by atoms with Gasteiger partial charge in [0.25, 0.3) is 0 Å². The molecule has 0 radical (unpaired) electrons. The Morgan fingerprint density at radius 3 is 3.00 bits per heavy atom. The van der Waals surface area contributed by atoms with Gasteiger partial charge >= 0.3 is 0 Å². The average molecular weight is 295 g/mol. The number of hydrogen-bond donors (Lipinski definition) is 3. The Balaban J connectivity index is 1.87. The molecule has 0 aliphatic carbocycles. The van der Waals surface area contributed by atoms with Gasteiger partial charge in [-0.25, -0.2) is 9.97 Å². The van der Waals surface area contributed by atoms with E-state index in [9.17, 15) is 4.79 Å². The molecule has 0 spiro atoms. The fourth-order valence-corrected chi connectivity index (χ4v) is 3.03. The first-order valence-corrected chi connectivity index (χ1v) is 7.56. The van der Waals surface area contributed by atoms with Crippen LogP contribution >= 0.6 is 0 Å². The Kier molecular flexibility index (Phi) is 3.23. The third kappa shape index (κ3) is 2.21. The van der Waals surface area contributed by atoms with Crippen molar-refractivity contribution in [2.75, 3.05) is 18.4 Å². The molecule has 0 saturated carbocycles. The molecule has 22 heavy (non-hydrogen) atoms. The molecule has 1 saturated heterocycles. The van der Waals surface area contributed by atoms with Crippen molar-refractivity contribution in [3.63, 3.8) is 0 Å². The lowest BCUT2D eigenvalue weighted by Gasteiger charge is -2.24. The lowest BCUT2D eigenvalue weighted by atomic mass is 10.1. The molecule has 1 unspecified atom stereocenters. The van der Waals surface area contributed by atoms with Crippen LogP contribution in [-0.2, 0) is 0 Å². The molecule has 4 rings (SSSR count). The van der Waals surface area contributed by atoms with Crippen LogP contribution in [-0.4, -0.2) is 34.1 Å². The van der Waals surface area contributed by atoms with Gasteiger partial charge in [-0.2, -0.15) is 0 Å². The van der Waals surface area contributed by atoms with E-state index >= 15 is 0 Å². The summed E-state index contributed by atoms with van der Waals surface area (Å²) in [7, 11) is 0. The standard InChI is InChI=1S/C16H17N5O/c22-14-11-5-1-2-6-12(11)21-16-13(14)15(18-9-19-16)20-10-4-3-7-17-8-10/h1-2,5-6,9-10,17H,3-4,7-8H2,(H2,18,19,20,21,22). The molecule has 112 valence electrons. The molecule has 6 nitrogen and oxygen atoms in total. The van der Waals surface area contributed by atoms with Crippen LogP contribution in [0.2, 0.25) is 0 Å². The first kappa shape index (κ1) is 13.2. The van der Waals surface area contributed by atoms with E-state index in [2.05, 4.69) is 25.6 Å². The van der Waals surface area contributed by atoms with E-state index < -0.39 is 0 Å². The molecule has 1 aliphatic rings. The highest BCUT2D eigenvalue weighted by Crippen LogP contribution is 2.19. The molecule has 2 aromatic heterocycles. The van der Waals surface area contributed by atoms with Gasteiger partial charge in [0.1, 0.15) is 23.2 Å². The van der Waals surface area contributed by atoms with Gasteiger partial charge in [0, 0.05) is 18.0 Å². The van der Waals surface area contributed by atoms with Gasteiger partial charge in [0.2, 0.25) is 5.43 Å². The zero-order valence-corrected chi connectivity index (χ0v) is 12.1. The quantitative estimate of drug-likeness (QED) is 0.626. The molecule has 0 amide bonds. The van der Waals surface area contributed by atoms with Crippen LogP contribution in [0.4, 0.5) is 5.82 Å². The predicted octanol–water partition coefficient (Wildman–Crippen LogP) is 1.64. The van der Waals surface area contributed by atoms with Gasteiger partial charge in [-0.1, -0.05) is 12.1 Å².